The molecular formula is C39H73N. The predicted octanol–water partition coefficient (Wildman–Crippen LogP) is 13.5. The third-order valence-corrected chi connectivity index (χ3v) is 8.90. The first-order valence-electron chi connectivity index (χ1n) is 18.6. The van der Waals surface area contributed by atoms with Gasteiger partial charge in [-0.15, -0.1) is 0 Å². The van der Waals surface area contributed by atoms with Crippen molar-refractivity contribution in [3.05, 3.63) is 35.9 Å². The van der Waals surface area contributed by atoms with Crippen LogP contribution in [0.1, 0.15) is 199 Å². The van der Waals surface area contributed by atoms with E-state index in [2.05, 4.69) is 49.1 Å². The van der Waals surface area contributed by atoms with E-state index in [1.165, 1.54) is 198 Å². The molecule has 0 bridgehead atoms. The van der Waals surface area contributed by atoms with E-state index in [1.807, 2.05) is 0 Å². The normalized spacial score (nSPS) is 11.6. The lowest BCUT2D eigenvalue weighted by molar-refractivity contribution is 0.252. The van der Waals surface area contributed by atoms with Crippen LogP contribution < -0.4 is 0 Å². The summed E-state index contributed by atoms with van der Waals surface area (Å²) in [6.45, 7) is 8.32. The number of nitrogens with zero attached hydrogens (tertiary/aromatic N) is 1. The lowest BCUT2D eigenvalue weighted by atomic mass is 10.0. The molecule has 1 aromatic carbocycles. The molecule has 0 saturated heterocycles. The zero-order valence-electron chi connectivity index (χ0n) is 27.8. The molecule has 0 N–H and O–H groups in total. The molecule has 0 spiro atoms. The zero-order valence-corrected chi connectivity index (χ0v) is 27.8. The largest absolute Gasteiger partial charge is 0.299 e. The second-order valence-corrected chi connectivity index (χ2v) is 13.0. The van der Waals surface area contributed by atoms with Gasteiger partial charge in [0.15, 0.2) is 0 Å². The molecule has 0 unspecified atom stereocenters. The van der Waals surface area contributed by atoms with Crippen molar-refractivity contribution in [2.24, 2.45) is 0 Å². The molecule has 0 aliphatic rings. The highest BCUT2D eigenvalue weighted by Gasteiger charge is 2.06. The maximum atomic E-state index is 2.75. The molecule has 0 radical (unpaired) electrons. The molecule has 0 aliphatic heterocycles. The van der Waals surface area contributed by atoms with Gasteiger partial charge in [0.25, 0.3) is 0 Å². The first kappa shape index (κ1) is 37.2. The molecule has 0 amide bonds. The summed E-state index contributed by atoms with van der Waals surface area (Å²) in [5.74, 6) is 0. The molecule has 40 heavy (non-hydrogen) atoms. The van der Waals surface area contributed by atoms with Crippen molar-refractivity contribution >= 4 is 0 Å². The van der Waals surface area contributed by atoms with Crippen molar-refractivity contribution in [3.63, 3.8) is 0 Å². The van der Waals surface area contributed by atoms with E-state index in [1.54, 1.807) is 0 Å². The van der Waals surface area contributed by atoms with Crippen molar-refractivity contribution < 1.29 is 0 Å². The minimum atomic E-state index is 1.14. The van der Waals surface area contributed by atoms with Gasteiger partial charge >= 0.3 is 0 Å². The molecule has 0 aliphatic carbocycles. The number of hydrogen-bond donors (Lipinski definition) is 0. The summed E-state index contributed by atoms with van der Waals surface area (Å²) in [6.07, 6.45) is 40.4. The number of benzene rings is 1. The molecule has 234 valence electrons. The van der Waals surface area contributed by atoms with Gasteiger partial charge in [0, 0.05) is 6.54 Å². The third kappa shape index (κ3) is 26.1. The van der Waals surface area contributed by atoms with Crippen LogP contribution in [0.15, 0.2) is 30.3 Å². The van der Waals surface area contributed by atoms with Crippen LogP contribution in [0.5, 0.6) is 0 Å². The highest BCUT2D eigenvalue weighted by molar-refractivity contribution is 5.14. The van der Waals surface area contributed by atoms with E-state index >= 15 is 0 Å². The van der Waals surface area contributed by atoms with Gasteiger partial charge in [0.05, 0.1) is 0 Å². The van der Waals surface area contributed by atoms with E-state index in [0.29, 0.717) is 0 Å². The minimum absolute atomic E-state index is 1.14. The predicted molar refractivity (Wildman–Crippen MR) is 182 cm³/mol. The van der Waals surface area contributed by atoms with Crippen LogP contribution in [0, 0.1) is 0 Å². The second-order valence-electron chi connectivity index (χ2n) is 13.0. The van der Waals surface area contributed by atoms with Crippen LogP contribution in [0.4, 0.5) is 0 Å². The quantitative estimate of drug-likeness (QED) is 0.0799. The lowest BCUT2D eigenvalue weighted by Crippen LogP contribution is -2.25. The maximum Gasteiger partial charge on any atom is 0.0233 e. The molecule has 0 heterocycles. The first-order valence-corrected chi connectivity index (χ1v) is 18.6. The molecule has 0 atom stereocenters. The number of rotatable bonds is 32. The van der Waals surface area contributed by atoms with Crippen LogP contribution in [-0.4, -0.2) is 18.0 Å². The van der Waals surface area contributed by atoms with Crippen molar-refractivity contribution in [2.45, 2.75) is 200 Å². The van der Waals surface area contributed by atoms with Gasteiger partial charge in [-0.1, -0.05) is 211 Å². The van der Waals surface area contributed by atoms with Crippen LogP contribution in [0.3, 0.4) is 0 Å². The Balaban J connectivity index is 2.02. The van der Waals surface area contributed by atoms with Gasteiger partial charge in [-0.3, -0.25) is 4.90 Å². The summed E-state index contributed by atoms with van der Waals surface area (Å²) >= 11 is 0. The monoisotopic (exact) mass is 556 g/mol. The van der Waals surface area contributed by atoms with Crippen molar-refractivity contribution in [1.82, 2.24) is 4.90 Å². The summed E-state index contributed by atoms with van der Waals surface area (Å²) < 4.78 is 0. The Bertz CT molecular complexity index is 550. The Morgan fingerprint density at radius 3 is 0.925 bits per heavy atom. The molecule has 0 saturated carbocycles. The fourth-order valence-electron chi connectivity index (χ4n) is 6.17. The molecule has 1 nitrogen and oxygen atoms in total. The Kier molecular flexibility index (Phi) is 28.9. The highest BCUT2D eigenvalue weighted by Crippen LogP contribution is 2.16. The molecule has 0 aromatic heterocycles. The van der Waals surface area contributed by atoms with Gasteiger partial charge in [0.1, 0.15) is 0 Å². The van der Waals surface area contributed by atoms with E-state index in [9.17, 15) is 0 Å². The molecular weight excluding hydrogens is 482 g/mol. The van der Waals surface area contributed by atoms with Gasteiger partial charge in [-0.05, 0) is 31.5 Å². The fourth-order valence-corrected chi connectivity index (χ4v) is 6.17. The summed E-state index contributed by atoms with van der Waals surface area (Å²) in [4.78, 5) is 2.75. The smallest absolute Gasteiger partial charge is 0.0233 e. The van der Waals surface area contributed by atoms with Crippen LogP contribution in [0.25, 0.3) is 0 Å². The van der Waals surface area contributed by atoms with Gasteiger partial charge in [-0.25, -0.2) is 0 Å². The summed E-state index contributed by atoms with van der Waals surface area (Å²) in [5, 5.41) is 0. The Morgan fingerprint density at radius 2 is 0.625 bits per heavy atom. The van der Waals surface area contributed by atoms with Gasteiger partial charge in [0.2, 0.25) is 0 Å². The summed E-state index contributed by atoms with van der Waals surface area (Å²) in [5.41, 5.74) is 1.48. The average Bonchev–Trinajstić information content (AvgIpc) is 2.97. The van der Waals surface area contributed by atoms with Crippen molar-refractivity contribution in [2.75, 3.05) is 13.1 Å². The molecule has 1 heteroatoms. The van der Waals surface area contributed by atoms with Gasteiger partial charge < -0.3 is 0 Å². The van der Waals surface area contributed by atoms with Crippen molar-refractivity contribution in [3.8, 4) is 0 Å². The number of hydrogen-bond acceptors (Lipinski definition) is 1. The molecule has 1 rings (SSSR count). The summed E-state index contributed by atoms with van der Waals surface area (Å²) in [7, 11) is 0. The lowest BCUT2D eigenvalue weighted by Gasteiger charge is -2.22. The Labute approximate surface area is 253 Å². The summed E-state index contributed by atoms with van der Waals surface area (Å²) in [6, 6.07) is 11.2. The van der Waals surface area contributed by atoms with E-state index < -0.39 is 0 Å². The van der Waals surface area contributed by atoms with Crippen molar-refractivity contribution in [1.29, 1.82) is 0 Å². The fraction of sp³-hybridized carbons (Fsp3) is 0.846. The maximum absolute atomic E-state index is 2.75. The highest BCUT2D eigenvalue weighted by atomic mass is 15.1. The second kappa shape index (κ2) is 31.1. The average molecular weight is 556 g/mol. The molecule has 0 fully saturated rings. The van der Waals surface area contributed by atoms with Crippen LogP contribution >= 0.6 is 0 Å². The SMILES string of the molecule is CCCCCCCCCCCCCCCCN(CCCCCCCCCCCCCCCC)Cc1ccccc1. The van der Waals surface area contributed by atoms with Crippen LogP contribution in [0.2, 0.25) is 0 Å². The molecule has 1 aromatic rings. The van der Waals surface area contributed by atoms with E-state index in [0.717, 1.165) is 6.54 Å². The van der Waals surface area contributed by atoms with Gasteiger partial charge in [-0.2, -0.15) is 0 Å². The first-order chi connectivity index (χ1) is 19.9. The van der Waals surface area contributed by atoms with E-state index in [-0.39, 0.29) is 0 Å². The number of unbranched alkanes of at least 4 members (excludes halogenated alkanes) is 26. The zero-order chi connectivity index (χ0) is 28.6. The Morgan fingerprint density at radius 1 is 0.350 bits per heavy atom. The standard InChI is InChI=1S/C39H73N/c1-3-5-7-9-11-13-15-17-19-21-23-25-27-32-36-40(38-39-34-30-29-31-35-39)37-33-28-26-24-22-20-18-16-14-12-10-8-6-4-2/h29-31,34-35H,3-28,32-33,36-38H2,1-2H3. The van der Waals surface area contributed by atoms with Crippen LogP contribution in [-0.2, 0) is 6.54 Å². The van der Waals surface area contributed by atoms with E-state index in [4.69, 9.17) is 0 Å². The third-order valence-electron chi connectivity index (χ3n) is 8.90. The minimum Gasteiger partial charge on any atom is -0.299 e. The Hall–Kier alpha value is -0.820. The topological polar surface area (TPSA) is 3.24 Å².